The summed E-state index contributed by atoms with van der Waals surface area (Å²) in [6.07, 6.45) is 0. The van der Waals surface area contributed by atoms with Crippen LogP contribution in [0, 0.1) is 5.41 Å². The van der Waals surface area contributed by atoms with E-state index in [9.17, 15) is 4.79 Å². The van der Waals surface area contributed by atoms with Gasteiger partial charge in [-0.2, -0.15) is 0 Å². The first-order chi connectivity index (χ1) is 8.52. The van der Waals surface area contributed by atoms with E-state index in [2.05, 4.69) is 15.3 Å². The highest BCUT2D eigenvalue weighted by Gasteiger charge is 2.15. The van der Waals surface area contributed by atoms with Gasteiger partial charge in [-0.3, -0.25) is 4.79 Å². The molecular weight excluding hydrogens is 250 g/mol. The zero-order valence-corrected chi connectivity index (χ0v) is 11.3. The summed E-state index contributed by atoms with van der Waals surface area (Å²) in [5, 5.41) is 14.2. The van der Waals surface area contributed by atoms with Crippen LogP contribution >= 0.6 is 11.3 Å². The van der Waals surface area contributed by atoms with E-state index >= 15 is 0 Å². The highest BCUT2D eigenvalue weighted by atomic mass is 32.1. The number of aliphatic hydroxyl groups excluding tert-OH is 1. The van der Waals surface area contributed by atoms with Gasteiger partial charge in [0.25, 0.3) is 5.56 Å². The molecule has 0 radical (unpaired) electrons. The second kappa shape index (κ2) is 5.17. The predicted octanol–water partition coefficient (Wildman–Crippen LogP) is 1.09. The summed E-state index contributed by atoms with van der Waals surface area (Å²) < 4.78 is 0.662. The van der Waals surface area contributed by atoms with Crippen LogP contribution in [0.5, 0.6) is 0 Å². The van der Waals surface area contributed by atoms with Crippen LogP contribution in [0.4, 0.5) is 0 Å². The Balaban J connectivity index is 2.06. The van der Waals surface area contributed by atoms with E-state index in [1.807, 2.05) is 25.3 Å². The third-order valence-electron chi connectivity index (χ3n) is 2.69. The van der Waals surface area contributed by atoms with Gasteiger partial charge in [-0.1, -0.05) is 13.8 Å². The Labute approximate surface area is 109 Å². The van der Waals surface area contributed by atoms with Crippen LogP contribution in [-0.4, -0.2) is 28.2 Å². The topological polar surface area (TPSA) is 78.0 Å². The fourth-order valence-electron chi connectivity index (χ4n) is 1.58. The lowest BCUT2D eigenvalue weighted by molar-refractivity contribution is 0.156. The van der Waals surface area contributed by atoms with Crippen LogP contribution in [-0.2, 0) is 6.54 Å². The average molecular weight is 267 g/mol. The van der Waals surface area contributed by atoms with Crippen molar-refractivity contribution in [1.82, 2.24) is 15.3 Å². The largest absolute Gasteiger partial charge is 0.396 e. The van der Waals surface area contributed by atoms with E-state index in [0.717, 1.165) is 5.52 Å². The van der Waals surface area contributed by atoms with Crippen molar-refractivity contribution < 1.29 is 5.11 Å². The SMILES string of the molecule is CC(C)(CO)CNCc1nc2ccsc2c(=O)[nH]1. The van der Waals surface area contributed by atoms with Crippen molar-refractivity contribution in [2.75, 3.05) is 13.2 Å². The highest BCUT2D eigenvalue weighted by Crippen LogP contribution is 2.14. The second-order valence-corrected chi connectivity index (χ2v) is 5.99. The first kappa shape index (κ1) is 13.2. The minimum absolute atomic E-state index is 0.0896. The monoisotopic (exact) mass is 267 g/mol. The molecule has 2 heterocycles. The molecular formula is C12H17N3O2S. The molecule has 98 valence electrons. The molecule has 0 bridgehead atoms. The minimum atomic E-state index is -0.174. The zero-order chi connectivity index (χ0) is 13.2. The number of rotatable bonds is 5. The Bertz CT molecular complexity index is 588. The summed E-state index contributed by atoms with van der Waals surface area (Å²) in [5.41, 5.74) is 0.474. The van der Waals surface area contributed by atoms with Crippen LogP contribution in [0.15, 0.2) is 16.2 Å². The molecule has 2 rings (SSSR count). The molecule has 0 saturated carbocycles. The van der Waals surface area contributed by atoms with Crippen molar-refractivity contribution in [1.29, 1.82) is 0 Å². The molecule has 0 fully saturated rings. The molecule has 0 unspecified atom stereocenters. The quantitative estimate of drug-likeness (QED) is 0.758. The Kier molecular flexibility index (Phi) is 3.79. The first-order valence-electron chi connectivity index (χ1n) is 5.80. The molecule has 5 nitrogen and oxygen atoms in total. The normalized spacial score (nSPS) is 12.2. The van der Waals surface area contributed by atoms with Crippen LogP contribution in [0.2, 0.25) is 0 Å². The van der Waals surface area contributed by atoms with Crippen molar-refractivity contribution >= 4 is 21.6 Å². The van der Waals surface area contributed by atoms with E-state index < -0.39 is 0 Å². The summed E-state index contributed by atoms with van der Waals surface area (Å²) >= 11 is 1.39. The van der Waals surface area contributed by atoms with Gasteiger partial charge in [-0.25, -0.2) is 4.98 Å². The number of hydrogen-bond donors (Lipinski definition) is 3. The molecule has 18 heavy (non-hydrogen) atoms. The van der Waals surface area contributed by atoms with Gasteiger partial charge in [0.15, 0.2) is 0 Å². The maximum atomic E-state index is 11.7. The molecule has 3 N–H and O–H groups in total. The fourth-order valence-corrected chi connectivity index (χ4v) is 2.31. The Morgan fingerprint density at radius 2 is 2.33 bits per heavy atom. The van der Waals surface area contributed by atoms with Crippen LogP contribution in [0.1, 0.15) is 19.7 Å². The van der Waals surface area contributed by atoms with Crippen molar-refractivity contribution in [2.24, 2.45) is 5.41 Å². The third-order valence-corrected chi connectivity index (χ3v) is 3.59. The van der Waals surface area contributed by atoms with E-state index in [1.54, 1.807) is 0 Å². The van der Waals surface area contributed by atoms with Crippen molar-refractivity contribution in [3.05, 3.63) is 27.6 Å². The number of hydrogen-bond acceptors (Lipinski definition) is 5. The lowest BCUT2D eigenvalue weighted by atomic mass is 9.95. The van der Waals surface area contributed by atoms with Crippen molar-refractivity contribution in [3.8, 4) is 0 Å². The smallest absolute Gasteiger partial charge is 0.268 e. The lowest BCUT2D eigenvalue weighted by Crippen LogP contribution is -2.32. The summed E-state index contributed by atoms with van der Waals surface area (Å²) in [6.45, 7) is 5.21. The third kappa shape index (κ3) is 2.95. The maximum Gasteiger partial charge on any atom is 0.268 e. The number of fused-ring (bicyclic) bond motifs is 1. The van der Waals surface area contributed by atoms with Crippen LogP contribution in [0.3, 0.4) is 0 Å². The summed E-state index contributed by atoms with van der Waals surface area (Å²) in [6, 6.07) is 1.84. The lowest BCUT2D eigenvalue weighted by Gasteiger charge is -2.21. The Hall–Kier alpha value is -1.24. The molecule has 2 aromatic rings. The van der Waals surface area contributed by atoms with Gasteiger partial charge in [-0.15, -0.1) is 11.3 Å². The predicted molar refractivity (Wildman–Crippen MR) is 72.8 cm³/mol. The standard InChI is InChI=1S/C12H17N3O2S/c1-12(2,7-16)6-13-5-9-14-8-3-4-18-10(8)11(17)15-9/h3-4,13,16H,5-7H2,1-2H3,(H,14,15,17). The molecule has 0 amide bonds. The first-order valence-corrected chi connectivity index (χ1v) is 6.68. The molecule has 0 aromatic carbocycles. The van der Waals surface area contributed by atoms with Crippen molar-refractivity contribution in [3.63, 3.8) is 0 Å². The molecule has 6 heteroatoms. The molecule has 0 atom stereocenters. The fraction of sp³-hybridized carbons (Fsp3) is 0.500. The van der Waals surface area contributed by atoms with Crippen molar-refractivity contribution in [2.45, 2.75) is 20.4 Å². The van der Waals surface area contributed by atoms with Gasteiger partial charge in [0, 0.05) is 18.6 Å². The van der Waals surface area contributed by atoms with Gasteiger partial charge in [-0.05, 0) is 11.4 Å². The van der Waals surface area contributed by atoms with E-state index in [-0.39, 0.29) is 17.6 Å². The number of thiophene rings is 1. The number of aliphatic hydroxyl groups is 1. The zero-order valence-electron chi connectivity index (χ0n) is 10.5. The summed E-state index contributed by atoms with van der Waals surface area (Å²) in [7, 11) is 0. The molecule has 0 saturated heterocycles. The highest BCUT2D eigenvalue weighted by molar-refractivity contribution is 7.17. The Morgan fingerprint density at radius 3 is 3.06 bits per heavy atom. The summed E-state index contributed by atoms with van der Waals surface area (Å²) in [5.74, 6) is 0.625. The Morgan fingerprint density at radius 1 is 1.56 bits per heavy atom. The molecule has 2 aromatic heterocycles. The number of aromatic nitrogens is 2. The van der Waals surface area contributed by atoms with E-state index in [4.69, 9.17) is 5.11 Å². The molecule has 0 aliphatic rings. The second-order valence-electron chi connectivity index (χ2n) is 5.07. The van der Waals surface area contributed by atoms with Crippen LogP contribution < -0.4 is 10.9 Å². The average Bonchev–Trinajstić information content (AvgIpc) is 2.77. The minimum Gasteiger partial charge on any atom is -0.396 e. The van der Waals surface area contributed by atoms with Gasteiger partial charge >= 0.3 is 0 Å². The number of nitrogens with zero attached hydrogens (tertiary/aromatic N) is 1. The number of nitrogens with one attached hydrogen (secondary N) is 2. The molecule has 0 aliphatic carbocycles. The summed E-state index contributed by atoms with van der Waals surface area (Å²) in [4.78, 5) is 18.9. The van der Waals surface area contributed by atoms with Gasteiger partial charge < -0.3 is 15.4 Å². The number of aromatic amines is 1. The molecule has 0 aliphatic heterocycles. The van der Waals surface area contributed by atoms with E-state index in [0.29, 0.717) is 23.6 Å². The van der Waals surface area contributed by atoms with Gasteiger partial charge in [0.05, 0.1) is 12.1 Å². The number of H-pyrrole nitrogens is 1. The van der Waals surface area contributed by atoms with Crippen LogP contribution in [0.25, 0.3) is 10.2 Å². The van der Waals surface area contributed by atoms with Gasteiger partial charge in [0.2, 0.25) is 0 Å². The maximum absolute atomic E-state index is 11.7. The molecule has 0 spiro atoms. The van der Waals surface area contributed by atoms with E-state index in [1.165, 1.54) is 11.3 Å². The van der Waals surface area contributed by atoms with Gasteiger partial charge in [0.1, 0.15) is 10.5 Å².